The maximum absolute atomic E-state index is 12.0. The van der Waals surface area contributed by atoms with Gasteiger partial charge in [-0.25, -0.2) is 9.59 Å². The van der Waals surface area contributed by atoms with Gasteiger partial charge < -0.3 is 19.3 Å². The summed E-state index contributed by atoms with van der Waals surface area (Å²) in [6.45, 7) is 0. The minimum atomic E-state index is -0.385. The molecule has 4 rings (SSSR count). The summed E-state index contributed by atoms with van der Waals surface area (Å²) in [6, 6.07) is 15.4. The lowest BCUT2D eigenvalue weighted by Crippen LogP contribution is -2.25. The van der Waals surface area contributed by atoms with E-state index in [-0.39, 0.29) is 46.1 Å². The molecule has 8 nitrogen and oxygen atoms in total. The van der Waals surface area contributed by atoms with Crippen molar-refractivity contribution < 1.29 is 19.1 Å². The van der Waals surface area contributed by atoms with Crippen molar-refractivity contribution in [2.24, 2.45) is 0 Å². The maximum atomic E-state index is 12.0. The summed E-state index contributed by atoms with van der Waals surface area (Å²) in [4.78, 5) is 36.2. The largest absolute Gasteiger partial charge is 0.414 e. The number of nitrogens with zero attached hydrogens (tertiary/aromatic N) is 4. The number of aromatic nitrogens is 2. The fourth-order valence-corrected chi connectivity index (χ4v) is 5.07. The number of fused-ring (bicyclic) bond motifs is 2. The molecule has 44 heavy (non-hydrogen) atoms. The molecule has 0 N–H and O–H groups in total. The van der Waals surface area contributed by atoms with Crippen molar-refractivity contribution in [3.05, 3.63) is 72.3 Å². The van der Waals surface area contributed by atoms with Crippen molar-refractivity contribution in [3.63, 3.8) is 0 Å². The van der Waals surface area contributed by atoms with Crippen LogP contribution in [0.4, 0.5) is 9.59 Å². The van der Waals surface area contributed by atoms with Gasteiger partial charge in [0.15, 0.2) is 0 Å². The Hall–Kier alpha value is -3.24. The maximum Gasteiger partial charge on any atom is 0.414 e. The molecule has 0 saturated carbocycles. The normalized spacial score (nSPS) is 10.5. The monoisotopic (exact) mass is 730 g/mol. The summed E-state index contributed by atoms with van der Waals surface area (Å²) in [5.74, 6) is 1.14. The minimum absolute atomic E-state index is 0. The molecule has 2 aromatic heterocycles. The Morgan fingerprint density at radius 3 is 1.27 bits per heavy atom. The minimum Gasteiger partial charge on any atom is -0.410 e. The molecule has 10 heteroatoms. The SMILES string of the molecule is Br.Br.CN(C)C(=O)Oc1cccc2c(CCCCCCCCCCc3nccc4c(OC(=O)N(C)C)cccc34)nccc12. The number of halogens is 2. The van der Waals surface area contributed by atoms with E-state index in [0.717, 1.165) is 58.6 Å². The van der Waals surface area contributed by atoms with Crippen LogP contribution in [0.15, 0.2) is 60.9 Å². The summed E-state index contributed by atoms with van der Waals surface area (Å²) >= 11 is 0. The summed E-state index contributed by atoms with van der Waals surface area (Å²) in [6.07, 6.45) is 14.1. The summed E-state index contributed by atoms with van der Waals surface area (Å²) in [7, 11) is 6.70. The van der Waals surface area contributed by atoms with E-state index in [1.165, 1.54) is 48.3 Å². The molecule has 0 aliphatic rings. The average molecular weight is 733 g/mol. The van der Waals surface area contributed by atoms with E-state index in [0.29, 0.717) is 11.5 Å². The molecule has 0 saturated heterocycles. The van der Waals surface area contributed by atoms with Crippen molar-refractivity contribution in [2.45, 2.75) is 64.2 Å². The van der Waals surface area contributed by atoms with Gasteiger partial charge in [0.1, 0.15) is 11.5 Å². The molecule has 238 valence electrons. The van der Waals surface area contributed by atoms with Gasteiger partial charge in [0, 0.05) is 73.5 Å². The standard InChI is InChI=1S/C34H42N4O4.2BrH/c1-37(2)33(39)41-31-19-13-15-25-27(31)21-23-35-29(25)17-11-9-7-5-6-8-10-12-18-30-26-16-14-20-32(28(26)22-24-36-30)42-34(40)38(3)4;;/h13-16,19-24H,5-12,17-18H2,1-4H3;2*1H. The predicted octanol–water partition coefficient (Wildman–Crippen LogP) is 8.97. The number of carbonyl (C=O) groups excluding carboxylic acids is 2. The molecule has 2 amide bonds. The number of aryl methyl sites for hydroxylation is 2. The zero-order valence-electron chi connectivity index (χ0n) is 26.1. The number of unbranched alkanes of at least 4 members (excludes halogenated alkanes) is 7. The first kappa shape index (κ1) is 36.9. The number of rotatable bonds is 13. The van der Waals surface area contributed by atoms with Crippen molar-refractivity contribution in [1.82, 2.24) is 19.8 Å². The van der Waals surface area contributed by atoms with Crippen LogP contribution in [0.3, 0.4) is 0 Å². The molecule has 0 unspecified atom stereocenters. The smallest absolute Gasteiger partial charge is 0.410 e. The lowest BCUT2D eigenvalue weighted by atomic mass is 10.0. The third-order valence-corrected chi connectivity index (χ3v) is 7.40. The summed E-state index contributed by atoms with van der Waals surface area (Å²) in [5.41, 5.74) is 2.11. The van der Waals surface area contributed by atoms with Crippen LogP contribution in [0.25, 0.3) is 21.5 Å². The number of ether oxygens (including phenoxy) is 2. The Kier molecular flexibility index (Phi) is 15.6. The predicted molar refractivity (Wildman–Crippen MR) is 188 cm³/mol. The number of benzene rings is 2. The van der Waals surface area contributed by atoms with Gasteiger partial charge >= 0.3 is 12.2 Å². The Bertz CT molecular complexity index is 1400. The molecule has 2 heterocycles. The molecule has 0 fully saturated rings. The van der Waals surface area contributed by atoms with Crippen molar-refractivity contribution in [3.8, 4) is 11.5 Å². The van der Waals surface area contributed by atoms with Crippen LogP contribution in [0.5, 0.6) is 11.5 Å². The lowest BCUT2D eigenvalue weighted by Gasteiger charge is -2.13. The highest BCUT2D eigenvalue weighted by Gasteiger charge is 2.13. The molecule has 0 spiro atoms. The fourth-order valence-electron chi connectivity index (χ4n) is 5.07. The molecule has 4 aromatic rings. The van der Waals surface area contributed by atoms with Gasteiger partial charge in [-0.3, -0.25) is 9.97 Å². The fraction of sp³-hybridized carbons (Fsp3) is 0.412. The van der Waals surface area contributed by atoms with Gasteiger partial charge in [0.25, 0.3) is 0 Å². The van der Waals surface area contributed by atoms with Crippen LogP contribution < -0.4 is 9.47 Å². The topological polar surface area (TPSA) is 84.9 Å². The van der Waals surface area contributed by atoms with E-state index >= 15 is 0 Å². The molecular weight excluding hydrogens is 688 g/mol. The molecule has 2 aromatic carbocycles. The quantitative estimate of drug-likeness (QED) is 0.128. The highest BCUT2D eigenvalue weighted by atomic mass is 79.9. The third-order valence-electron chi connectivity index (χ3n) is 7.40. The summed E-state index contributed by atoms with van der Waals surface area (Å²) < 4.78 is 11.1. The van der Waals surface area contributed by atoms with Crippen LogP contribution in [0, 0.1) is 0 Å². The van der Waals surface area contributed by atoms with E-state index in [2.05, 4.69) is 22.1 Å². The first-order valence-corrected chi connectivity index (χ1v) is 14.9. The molecule has 0 bridgehead atoms. The van der Waals surface area contributed by atoms with Gasteiger partial charge in [0.05, 0.1) is 0 Å². The first-order valence-electron chi connectivity index (χ1n) is 14.9. The van der Waals surface area contributed by atoms with Crippen molar-refractivity contribution >= 4 is 67.7 Å². The number of pyridine rings is 2. The van der Waals surface area contributed by atoms with Gasteiger partial charge in [-0.15, -0.1) is 34.0 Å². The van der Waals surface area contributed by atoms with E-state index in [1.807, 2.05) is 36.4 Å². The highest BCUT2D eigenvalue weighted by Crippen LogP contribution is 2.29. The Morgan fingerprint density at radius 2 is 0.909 bits per heavy atom. The second-order valence-corrected chi connectivity index (χ2v) is 11.1. The molecular formula is C34H44Br2N4O4. The molecule has 0 aliphatic heterocycles. The third kappa shape index (κ3) is 10.2. The number of hydrogen-bond donors (Lipinski definition) is 0. The molecule has 0 atom stereocenters. The summed E-state index contributed by atoms with van der Waals surface area (Å²) in [5, 5.41) is 3.94. The van der Waals surface area contributed by atoms with Crippen LogP contribution in [0.1, 0.15) is 62.8 Å². The van der Waals surface area contributed by atoms with Gasteiger partial charge in [-0.05, 0) is 49.9 Å². The highest BCUT2D eigenvalue weighted by molar-refractivity contribution is 8.93. The second kappa shape index (κ2) is 18.5. The first-order chi connectivity index (χ1) is 20.3. The Labute approximate surface area is 281 Å². The molecule has 0 radical (unpaired) electrons. The Balaban J connectivity index is 0.00000337. The lowest BCUT2D eigenvalue weighted by molar-refractivity contribution is 0.171. The van der Waals surface area contributed by atoms with E-state index in [1.54, 1.807) is 40.6 Å². The molecule has 0 aliphatic carbocycles. The van der Waals surface area contributed by atoms with E-state index in [4.69, 9.17) is 9.47 Å². The number of amides is 2. The van der Waals surface area contributed by atoms with Crippen LogP contribution in [-0.4, -0.2) is 60.1 Å². The van der Waals surface area contributed by atoms with E-state index in [9.17, 15) is 9.59 Å². The van der Waals surface area contributed by atoms with Gasteiger partial charge in [0.2, 0.25) is 0 Å². The van der Waals surface area contributed by atoms with Crippen LogP contribution >= 0.6 is 34.0 Å². The van der Waals surface area contributed by atoms with Crippen molar-refractivity contribution in [2.75, 3.05) is 28.2 Å². The van der Waals surface area contributed by atoms with Crippen LogP contribution in [-0.2, 0) is 12.8 Å². The van der Waals surface area contributed by atoms with Crippen molar-refractivity contribution in [1.29, 1.82) is 0 Å². The second-order valence-electron chi connectivity index (χ2n) is 11.1. The van der Waals surface area contributed by atoms with Gasteiger partial charge in [-0.2, -0.15) is 0 Å². The van der Waals surface area contributed by atoms with E-state index < -0.39 is 0 Å². The zero-order valence-corrected chi connectivity index (χ0v) is 29.5. The number of hydrogen-bond acceptors (Lipinski definition) is 6. The van der Waals surface area contributed by atoms with Gasteiger partial charge in [-0.1, -0.05) is 62.8 Å². The Morgan fingerprint density at radius 1 is 0.545 bits per heavy atom. The average Bonchev–Trinajstić information content (AvgIpc) is 2.98. The van der Waals surface area contributed by atoms with Crippen LogP contribution in [0.2, 0.25) is 0 Å². The zero-order chi connectivity index (χ0) is 29.9. The number of carbonyl (C=O) groups is 2.